The van der Waals surface area contributed by atoms with Gasteiger partial charge in [-0.25, -0.2) is 4.39 Å². The van der Waals surface area contributed by atoms with Gasteiger partial charge in [-0.05, 0) is 65.4 Å². The molecule has 1 aromatic carbocycles. The number of hydrogen-bond acceptors (Lipinski definition) is 2. The summed E-state index contributed by atoms with van der Waals surface area (Å²) in [6, 6.07) is 5.00. The lowest BCUT2D eigenvalue weighted by molar-refractivity contribution is 0.103. The lowest BCUT2D eigenvalue weighted by atomic mass is 9.98. The summed E-state index contributed by atoms with van der Waals surface area (Å²) in [5.74, 6) is -0.936. The number of thiophene rings is 1. The zero-order chi connectivity index (χ0) is 14.3. The Kier molecular flexibility index (Phi) is 3.98. The van der Waals surface area contributed by atoms with Gasteiger partial charge in [-0.3, -0.25) is 4.79 Å². The molecule has 20 heavy (non-hydrogen) atoms. The molecule has 1 nitrogen and oxygen atoms in total. The van der Waals surface area contributed by atoms with Crippen LogP contribution in [0.5, 0.6) is 0 Å². The fourth-order valence-electron chi connectivity index (χ4n) is 2.44. The van der Waals surface area contributed by atoms with E-state index in [0.717, 1.165) is 19.3 Å². The summed E-state index contributed by atoms with van der Waals surface area (Å²) in [6.07, 6.45) is 4.37. The van der Waals surface area contributed by atoms with Crippen molar-refractivity contribution >= 4 is 44.7 Å². The summed E-state index contributed by atoms with van der Waals surface area (Å²) in [7, 11) is 0. The van der Waals surface area contributed by atoms with Crippen LogP contribution >= 0.6 is 38.9 Å². The van der Waals surface area contributed by atoms with Crippen LogP contribution in [-0.2, 0) is 12.8 Å². The van der Waals surface area contributed by atoms with E-state index in [1.165, 1.54) is 34.3 Å². The summed E-state index contributed by atoms with van der Waals surface area (Å²) >= 11 is 10.5. The minimum Gasteiger partial charge on any atom is -0.288 e. The van der Waals surface area contributed by atoms with Gasteiger partial charge < -0.3 is 0 Å². The summed E-state index contributed by atoms with van der Waals surface area (Å²) in [5.41, 5.74) is 1.28. The van der Waals surface area contributed by atoms with Crippen molar-refractivity contribution < 1.29 is 9.18 Å². The van der Waals surface area contributed by atoms with Crippen LogP contribution < -0.4 is 0 Å². The number of carbonyl (C=O) groups excluding carboxylic acids is 1. The van der Waals surface area contributed by atoms with Gasteiger partial charge in [-0.15, -0.1) is 11.3 Å². The van der Waals surface area contributed by atoms with Crippen LogP contribution in [0.25, 0.3) is 0 Å². The maximum atomic E-state index is 14.1. The maximum absolute atomic E-state index is 14.1. The van der Waals surface area contributed by atoms with Crippen LogP contribution in [0.2, 0.25) is 5.02 Å². The molecule has 1 heterocycles. The highest BCUT2D eigenvalue weighted by atomic mass is 79.9. The van der Waals surface area contributed by atoms with Crippen LogP contribution in [-0.4, -0.2) is 5.78 Å². The van der Waals surface area contributed by atoms with Gasteiger partial charge in [0.05, 0.1) is 15.5 Å². The van der Waals surface area contributed by atoms with Gasteiger partial charge in [0.25, 0.3) is 0 Å². The first-order chi connectivity index (χ1) is 9.58. The molecule has 0 bridgehead atoms. The molecule has 0 fully saturated rings. The molecule has 0 unspecified atom stereocenters. The molecule has 104 valence electrons. The molecule has 0 radical (unpaired) electrons. The monoisotopic (exact) mass is 372 g/mol. The second-order valence-corrected chi connectivity index (χ2v) is 7.19. The van der Waals surface area contributed by atoms with E-state index in [0.29, 0.717) is 9.35 Å². The van der Waals surface area contributed by atoms with Crippen LogP contribution in [0.3, 0.4) is 0 Å². The molecule has 3 rings (SSSR count). The largest absolute Gasteiger partial charge is 0.288 e. The van der Waals surface area contributed by atoms with Crippen LogP contribution in [0.1, 0.15) is 38.5 Å². The highest BCUT2D eigenvalue weighted by Gasteiger charge is 2.22. The third-order valence-corrected chi connectivity index (χ3v) is 5.99. The van der Waals surface area contributed by atoms with E-state index in [4.69, 9.17) is 11.6 Å². The fraction of sp³-hybridized carbons (Fsp3) is 0.267. The van der Waals surface area contributed by atoms with E-state index in [9.17, 15) is 9.18 Å². The highest BCUT2D eigenvalue weighted by molar-refractivity contribution is 9.10. The Morgan fingerprint density at radius 2 is 2.05 bits per heavy atom. The van der Waals surface area contributed by atoms with Crippen LogP contribution in [0.4, 0.5) is 4.39 Å². The predicted octanol–water partition coefficient (Wildman–Crippen LogP) is 5.41. The van der Waals surface area contributed by atoms with Gasteiger partial charge in [0.2, 0.25) is 5.78 Å². The van der Waals surface area contributed by atoms with Crippen molar-refractivity contribution in [2.75, 3.05) is 0 Å². The molecule has 0 aliphatic heterocycles. The molecular weight excluding hydrogens is 363 g/mol. The summed E-state index contributed by atoms with van der Waals surface area (Å²) in [5, 5.41) is -0.0443. The molecular formula is C15H11BrClFOS. The topological polar surface area (TPSA) is 17.1 Å². The Hall–Kier alpha value is -0.710. The van der Waals surface area contributed by atoms with Gasteiger partial charge in [0.15, 0.2) is 5.82 Å². The first-order valence-electron chi connectivity index (χ1n) is 6.37. The summed E-state index contributed by atoms with van der Waals surface area (Å²) in [6.45, 7) is 0. The minimum atomic E-state index is -0.655. The van der Waals surface area contributed by atoms with Crippen LogP contribution in [0.15, 0.2) is 22.7 Å². The van der Waals surface area contributed by atoms with E-state index < -0.39 is 5.82 Å². The number of rotatable bonds is 2. The van der Waals surface area contributed by atoms with Crippen LogP contribution in [0, 0.1) is 5.82 Å². The number of halogens is 3. The van der Waals surface area contributed by atoms with Crippen molar-refractivity contribution in [3.63, 3.8) is 0 Å². The number of ketones is 1. The minimum absolute atomic E-state index is 0.0387. The standard InChI is InChI=1S/C15H11BrClFOS/c16-10-6-5-9(14(18)13(10)17)15(19)12-7-8-3-1-2-4-11(8)20-12/h5-7H,1-4H2. The van der Waals surface area contributed by atoms with Gasteiger partial charge in [0.1, 0.15) is 0 Å². The van der Waals surface area contributed by atoms with Crippen molar-refractivity contribution in [2.24, 2.45) is 0 Å². The molecule has 0 atom stereocenters. The van der Waals surface area contributed by atoms with E-state index in [2.05, 4.69) is 15.9 Å². The molecule has 0 spiro atoms. The van der Waals surface area contributed by atoms with Gasteiger partial charge in [-0.2, -0.15) is 0 Å². The molecule has 1 aromatic heterocycles. The first-order valence-corrected chi connectivity index (χ1v) is 8.36. The Bertz CT molecular complexity index is 672. The van der Waals surface area contributed by atoms with Crippen molar-refractivity contribution in [3.8, 4) is 0 Å². The SMILES string of the molecule is O=C(c1cc2c(s1)CCCC2)c1ccc(Br)c(Cl)c1F. The average Bonchev–Trinajstić information content (AvgIpc) is 2.88. The average molecular weight is 374 g/mol. The fourth-order valence-corrected chi connectivity index (χ4v) is 4.12. The zero-order valence-electron chi connectivity index (χ0n) is 10.5. The van der Waals surface area contributed by atoms with Gasteiger partial charge in [0, 0.05) is 9.35 Å². The molecule has 1 aliphatic carbocycles. The summed E-state index contributed by atoms with van der Waals surface area (Å²) < 4.78 is 14.6. The summed E-state index contributed by atoms with van der Waals surface area (Å²) in [4.78, 5) is 14.3. The molecule has 0 amide bonds. The molecule has 0 saturated carbocycles. The Morgan fingerprint density at radius 3 is 2.80 bits per heavy atom. The zero-order valence-corrected chi connectivity index (χ0v) is 13.7. The first kappa shape index (κ1) is 14.2. The van der Waals surface area contributed by atoms with Gasteiger partial charge >= 0.3 is 0 Å². The van der Waals surface area contributed by atoms with Gasteiger partial charge in [-0.1, -0.05) is 11.6 Å². The predicted molar refractivity (Wildman–Crippen MR) is 83.5 cm³/mol. The lowest BCUT2D eigenvalue weighted by Gasteiger charge is -2.08. The molecule has 0 N–H and O–H groups in total. The Labute approximate surface area is 133 Å². The van der Waals surface area contributed by atoms with E-state index >= 15 is 0 Å². The number of hydrogen-bond donors (Lipinski definition) is 0. The second kappa shape index (κ2) is 5.58. The number of fused-ring (bicyclic) bond motifs is 1. The highest BCUT2D eigenvalue weighted by Crippen LogP contribution is 2.33. The quantitative estimate of drug-likeness (QED) is 0.508. The van der Waals surface area contributed by atoms with E-state index in [1.807, 2.05) is 6.07 Å². The Balaban J connectivity index is 2.01. The number of benzene rings is 1. The molecule has 2 aromatic rings. The van der Waals surface area contributed by atoms with E-state index in [-0.39, 0.29) is 16.4 Å². The normalized spacial score (nSPS) is 14.2. The second-order valence-electron chi connectivity index (χ2n) is 4.82. The smallest absolute Gasteiger partial charge is 0.205 e. The Morgan fingerprint density at radius 1 is 1.30 bits per heavy atom. The molecule has 5 heteroatoms. The third kappa shape index (κ3) is 2.45. The van der Waals surface area contributed by atoms with Crippen molar-refractivity contribution in [2.45, 2.75) is 25.7 Å². The molecule has 1 aliphatic rings. The molecule has 0 saturated heterocycles. The van der Waals surface area contributed by atoms with Crippen molar-refractivity contribution in [1.29, 1.82) is 0 Å². The lowest BCUT2D eigenvalue weighted by Crippen LogP contribution is -2.03. The number of aryl methyl sites for hydroxylation is 2. The third-order valence-electron chi connectivity index (χ3n) is 3.50. The van der Waals surface area contributed by atoms with E-state index in [1.54, 1.807) is 6.07 Å². The van der Waals surface area contributed by atoms with Crippen molar-refractivity contribution in [1.82, 2.24) is 0 Å². The van der Waals surface area contributed by atoms with Crippen molar-refractivity contribution in [3.05, 3.63) is 54.4 Å². The number of carbonyl (C=O) groups is 1. The maximum Gasteiger partial charge on any atom is 0.205 e.